The van der Waals surface area contributed by atoms with E-state index in [1.807, 2.05) is 69.3 Å². The summed E-state index contributed by atoms with van der Waals surface area (Å²) in [5.41, 5.74) is 3.73. The number of hydrogen-bond donors (Lipinski definition) is 0. The smallest absolute Gasteiger partial charge is 0.134 e. The predicted octanol–water partition coefficient (Wildman–Crippen LogP) is 5.45. The molecule has 0 aliphatic carbocycles. The molecule has 2 rings (SSSR count). The van der Waals surface area contributed by atoms with E-state index in [9.17, 15) is 0 Å². The van der Waals surface area contributed by atoms with Crippen LogP contribution >= 0.6 is 15.9 Å². The highest BCUT2D eigenvalue weighted by Gasteiger charge is 2.11. The van der Waals surface area contributed by atoms with Gasteiger partial charge in [-0.15, -0.1) is 0 Å². The molecule has 0 heterocycles. The highest BCUT2D eigenvalue weighted by atomic mass is 79.9. The predicted molar refractivity (Wildman–Crippen MR) is 109 cm³/mol. The van der Waals surface area contributed by atoms with Gasteiger partial charge in [0.25, 0.3) is 0 Å². The van der Waals surface area contributed by atoms with Gasteiger partial charge in [-0.25, -0.2) is 0 Å². The van der Waals surface area contributed by atoms with E-state index in [0.29, 0.717) is 13.2 Å². The van der Waals surface area contributed by atoms with E-state index in [2.05, 4.69) is 21.1 Å². The Labute approximate surface area is 163 Å². The second-order valence-electron chi connectivity index (χ2n) is 5.78. The second kappa shape index (κ2) is 10.0. The van der Waals surface area contributed by atoms with Gasteiger partial charge in [-0.2, -0.15) is 0 Å². The number of benzene rings is 2. The van der Waals surface area contributed by atoms with Gasteiger partial charge >= 0.3 is 0 Å². The summed E-state index contributed by atoms with van der Waals surface area (Å²) in [6.45, 7) is 6.87. The lowest BCUT2D eigenvalue weighted by Gasteiger charge is -2.15. The maximum Gasteiger partial charge on any atom is 0.134 e. The van der Waals surface area contributed by atoms with E-state index in [1.165, 1.54) is 7.11 Å². The molecule has 0 N–H and O–H groups in total. The summed E-state index contributed by atoms with van der Waals surface area (Å²) in [5.74, 6) is 1.67. The van der Waals surface area contributed by atoms with Crippen molar-refractivity contribution >= 4 is 21.6 Å². The average Bonchev–Trinajstić information content (AvgIpc) is 2.61. The van der Waals surface area contributed by atoms with Crippen LogP contribution in [0, 0.1) is 13.8 Å². The minimum atomic E-state index is 0.315. The molecule has 2 aromatic carbocycles. The van der Waals surface area contributed by atoms with Crippen molar-refractivity contribution in [2.45, 2.75) is 20.8 Å². The number of hydrogen-bond acceptors (Lipinski definition) is 4. The Morgan fingerprint density at radius 3 is 2.31 bits per heavy atom. The lowest BCUT2D eigenvalue weighted by Crippen LogP contribution is -2.14. The van der Waals surface area contributed by atoms with Gasteiger partial charge in [0.1, 0.15) is 37.5 Å². The highest BCUT2D eigenvalue weighted by Crippen LogP contribution is 2.28. The Morgan fingerprint density at radius 2 is 1.73 bits per heavy atom. The van der Waals surface area contributed by atoms with E-state index in [0.717, 1.165) is 38.4 Å². The third-order valence-electron chi connectivity index (χ3n) is 3.75. The Kier molecular flexibility index (Phi) is 7.73. The number of allylic oxidation sites excluding steroid dienone is 1. The van der Waals surface area contributed by atoms with Crippen molar-refractivity contribution in [3.63, 3.8) is 0 Å². The van der Waals surface area contributed by atoms with Gasteiger partial charge in [0, 0.05) is 10.0 Å². The van der Waals surface area contributed by atoms with Crippen molar-refractivity contribution in [3.8, 4) is 11.5 Å². The van der Waals surface area contributed by atoms with Gasteiger partial charge in [0.05, 0.1) is 0 Å². The molecule has 0 spiro atoms. The summed E-state index contributed by atoms with van der Waals surface area (Å²) in [4.78, 5) is 4.98. The SMILES string of the molecule is C/C=C/COc1cc(C)c(OC/C(=N/OC)c2ccc(Br)cc2)c(C)c1. The first kappa shape index (κ1) is 20.0. The van der Waals surface area contributed by atoms with Gasteiger partial charge in [0.2, 0.25) is 0 Å². The van der Waals surface area contributed by atoms with Crippen LogP contribution in [0.4, 0.5) is 0 Å². The van der Waals surface area contributed by atoms with Gasteiger partial charge in [0.15, 0.2) is 0 Å². The molecule has 0 aromatic heterocycles. The van der Waals surface area contributed by atoms with Crippen LogP contribution in [0.15, 0.2) is 58.2 Å². The van der Waals surface area contributed by atoms with Crippen molar-refractivity contribution in [2.24, 2.45) is 5.16 Å². The molecule has 0 radical (unpaired) electrons. The first-order valence-corrected chi connectivity index (χ1v) is 9.18. The van der Waals surface area contributed by atoms with Gasteiger partial charge in [-0.3, -0.25) is 0 Å². The fourth-order valence-corrected chi connectivity index (χ4v) is 2.78. The van der Waals surface area contributed by atoms with Crippen LogP contribution in [0.25, 0.3) is 0 Å². The standard InChI is InChI=1S/C21H24BrNO3/c1-5-6-11-25-19-12-15(2)21(16(3)13-19)26-14-20(23-24-4)17-7-9-18(22)10-8-17/h5-10,12-13H,11,14H2,1-4H3/b6-5+,23-20-. The molecule has 4 nitrogen and oxygen atoms in total. The van der Waals surface area contributed by atoms with Crippen molar-refractivity contribution in [1.29, 1.82) is 0 Å². The highest BCUT2D eigenvalue weighted by molar-refractivity contribution is 9.10. The van der Waals surface area contributed by atoms with Crippen LogP contribution in [-0.4, -0.2) is 26.0 Å². The molecule has 0 unspecified atom stereocenters. The summed E-state index contributed by atoms with van der Waals surface area (Å²) in [7, 11) is 1.53. The van der Waals surface area contributed by atoms with Crippen molar-refractivity contribution in [2.75, 3.05) is 20.3 Å². The van der Waals surface area contributed by atoms with E-state index in [-0.39, 0.29) is 0 Å². The lowest BCUT2D eigenvalue weighted by molar-refractivity contribution is 0.210. The van der Waals surface area contributed by atoms with E-state index >= 15 is 0 Å². The Morgan fingerprint density at radius 1 is 1.08 bits per heavy atom. The number of nitrogens with zero attached hydrogens (tertiary/aromatic N) is 1. The van der Waals surface area contributed by atoms with Crippen LogP contribution < -0.4 is 9.47 Å². The number of rotatable bonds is 8. The summed E-state index contributed by atoms with van der Waals surface area (Å²) in [5, 5.41) is 4.11. The molecule has 0 aliphatic rings. The Balaban J connectivity index is 2.13. The van der Waals surface area contributed by atoms with Crippen molar-refractivity contribution in [1.82, 2.24) is 0 Å². The molecular formula is C21H24BrNO3. The first-order chi connectivity index (χ1) is 12.5. The number of halogens is 1. The fourth-order valence-electron chi connectivity index (χ4n) is 2.52. The van der Waals surface area contributed by atoms with Gasteiger partial charge in [-0.05, 0) is 56.2 Å². The Hall–Kier alpha value is -2.27. The summed E-state index contributed by atoms with van der Waals surface area (Å²) in [6, 6.07) is 11.9. The molecular weight excluding hydrogens is 394 g/mol. The van der Waals surface area contributed by atoms with Crippen LogP contribution in [0.2, 0.25) is 0 Å². The molecule has 0 aliphatic heterocycles. The zero-order valence-electron chi connectivity index (χ0n) is 15.6. The lowest BCUT2D eigenvalue weighted by atomic mass is 10.1. The monoisotopic (exact) mass is 417 g/mol. The van der Waals surface area contributed by atoms with Crippen LogP contribution in [0.1, 0.15) is 23.6 Å². The molecule has 26 heavy (non-hydrogen) atoms. The molecule has 138 valence electrons. The van der Waals surface area contributed by atoms with Crippen LogP contribution in [-0.2, 0) is 4.84 Å². The fraction of sp³-hybridized carbons (Fsp3) is 0.286. The number of oxime groups is 1. The molecule has 0 atom stereocenters. The van der Waals surface area contributed by atoms with E-state index in [4.69, 9.17) is 14.3 Å². The normalized spacial score (nSPS) is 11.7. The number of aryl methyl sites for hydroxylation is 2. The Bertz CT molecular complexity index is 759. The minimum Gasteiger partial charge on any atom is -0.490 e. The maximum absolute atomic E-state index is 6.06. The topological polar surface area (TPSA) is 40.0 Å². The zero-order valence-corrected chi connectivity index (χ0v) is 17.2. The van der Waals surface area contributed by atoms with E-state index < -0.39 is 0 Å². The molecule has 0 bridgehead atoms. The van der Waals surface area contributed by atoms with Crippen LogP contribution in [0.5, 0.6) is 11.5 Å². The van der Waals surface area contributed by atoms with Crippen molar-refractivity contribution in [3.05, 3.63) is 69.7 Å². The van der Waals surface area contributed by atoms with E-state index in [1.54, 1.807) is 0 Å². The van der Waals surface area contributed by atoms with Gasteiger partial charge < -0.3 is 14.3 Å². The number of ether oxygens (including phenoxy) is 2. The molecule has 0 fully saturated rings. The largest absolute Gasteiger partial charge is 0.490 e. The molecule has 5 heteroatoms. The third-order valence-corrected chi connectivity index (χ3v) is 4.28. The second-order valence-corrected chi connectivity index (χ2v) is 6.70. The van der Waals surface area contributed by atoms with Crippen molar-refractivity contribution < 1.29 is 14.3 Å². The maximum atomic E-state index is 6.06. The molecule has 0 amide bonds. The minimum absolute atomic E-state index is 0.315. The average molecular weight is 418 g/mol. The molecule has 0 saturated carbocycles. The summed E-state index contributed by atoms with van der Waals surface area (Å²) < 4.78 is 12.8. The molecule has 0 saturated heterocycles. The summed E-state index contributed by atoms with van der Waals surface area (Å²) in [6.07, 6.45) is 3.94. The third kappa shape index (κ3) is 5.63. The van der Waals surface area contributed by atoms with Crippen LogP contribution in [0.3, 0.4) is 0 Å². The van der Waals surface area contributed by atoms with Gasteiger partial charge in [-0.1, -0.05) is 45.4 Å². The molecule has 2 aromatic rings. The first-order valence-electron chi connectivity index (χ1n) is 8.39. The summed E-state index contributed by atoms with van der Waals surface area (Å²) >= 11 is 3.44. The zero-order chi connectivity index (χ0) is 18.9. The quantitative estimate of drug-likeness (QED) is 0.325.